The highest BCUT2D eigenvalue weighted by Gasteiger charge is 2.37. The molecule has 1 amide bonds. The average molecular weight is 395 g/mol. The van der Waals surface area contributed by atoms with E-state index in [0.717, 1.165) is 5.56 Å². The molecule has 150 valence electrons. The van der Waals surface area contributed by atoms with Gasteiger partial charge in [-0.25, -0.2) is 9.78 Å². The van der Waals surface area contributed by atoms with Gasteiger partial charge in [-0.15, -0.1) is 0 Å². The normalized spacial score (nSPS) is 17.4. The molecule has 0 saturated carbocycles. The van der Waals surface area contributed by atoms with Crippen LogP contribution in [0.5, 0.6) is 0 Å². The van der Waals surface area contributed by atoms with Gasteiger partial charge in [0, 0.05) is 24.2 Å². The molecule has 1 N–H and O–H groups in total. The van der Waals surface area contributed by atoms with Crippen LogP contribution in [0.15, 0.2) is 41.3 Å². The molecule has 29 heavy (non-hydrogen) atoms. The Hall–Kier alpha value is -3.56. The molecule has 1 aliphatic heterocycles. The second-order valence-electron chi connectivity index (χ2n) is 7.05. The van der Waals surface area contributed by atoms with Crippen LogP contribution < -0.4 is 10.2 Å². The quantitative estimate of drug-likeness (QED) is 0.671. The Kier molecular flexibility index (Phi) is 5.07. The molecule has 4 rings (SSSR count). The zero-order valence-corrected chi connectivity index (χ0v) is 16.3. The molecular weight excluding hydrogens is 374 g/mol. The number of carbonyl (C=O) groups is 1. The summed E-state index contributed by atoms with van der Waals surface area (Å²) >= 11 is 0. The van der Waals surface area contributed by atoms with E-state index in [0.29, 0.717) is 30.1 Å². The molecule has 4 heterocycles. The summed E-state index contributed by atoms with van der Waals surface area (Å²) < 4.78 is 10.6. The number of cyclic esters (lactones) is 1. The van der Waals surface area contributed by atoms with E-state index in [1.807, 2.05) is 20.8 Å². The van der Waals surface area contributed by atoms with Crippen LogP contribution in [0.3, 0.4) is 0 Å². The monoisotopic (exact) mass is 395 g/mol. The van der Waals surface area contributed by atoms with Crippen molar-refractivity contribution >= 4 is 17.9 Å². The van der Waals surface area contributed by atoms with Crippen molar-refractivity contribution in [2.24, 2.45) is 5.92 Å². The number of pyridine rings is 1. The minimum absolute atomic E-state index is 0.0680. The molecular formula is C19H21N7O3. The van der Waals surface area contributed by atoms with Gasteiger partial charge in [0.25, 0.3) is 0 Å². The van der Waals surface area contributed by atoms with Gasteiger partial charge in [-0.2, -0.15) is 9.97 Å². The van der Waals surface area contributed by atoms with E-state index in [1.54, 1.807) is 41.7 Å². The van der Waals surface area contributed by atoms with Crippen molar-refractivity contribution in [3.05, 3.63) is 42.7 Å². The van der Waals surface area contributed by atoms with Crippen LogP contribution in [0.25, 0.3) is 11.4 Å². The molecule has 2 atom stereocenters. The van der Waals surface area contributed by atoms with Crippen LogP contribution in [-0.2, 0) is 4.74 Å². The number of anilines is 2. The van der Waals surface area contributed by atoms with Gasteiger partial charge < -0.3 is 14.6 Å². The summed E-state index contributed by atoms with van der Waals surface area (Å²) in [5.74, 6) is 1.94. The molecule has 0 aliphatic carbocycles. The smallest absolute Gasteiger partial charge is 0.415 e. The Morgan fingerprint density at radius 1 is 1.14 bits per heavy atom. The number of aromatic nitrogens is 5. The van der Waals surface area contributed by atoms with Crippen molar-refractivity contribution < 1.29 is 14.1 Å². The van der Waals surface area contributed by atoms with E-state index < -0.39 is 6.09 Å². The van der Waals surface area contributed by atoms with Crippen molar-refractivity contribution in [3.8, 4) is 11.4 Å². The molecule has 10 heteroatoms. The summed E-state index contributed by atoms with van der Waals surface area (Å²) in [5, 5.41) is 7.14. The SMILES string of the molecule is CC(C)C1COC(=O)N1c1ccnc(N[C@H](C)c2nc(-c3ccncc3)no2)n1. The summed E-state index contributed by atoms with van der Waals surface area (Å²) in [6.45, 7) is 6.29. The van der Waals surface area contributed by atoms with Crippen LogP contribution in [-0.4, -0.2) is 43.8 Å². The Morgan fingerprint density at radius 2 is 1.93 bits per heavy atom. The zero-order valence-electron chi connectivity index (χ0n) is 16.3. The molecule has 3 aromatic rings. The number of hydrogen-bond donors (Lipinski definition) is 1. The van der Waals surface area contributed by atoms with E-state index in [-0.39, 0.29) is 18.0 Å². The molecule has 0 spiro atoms. The molecule has 1 fully saturated rings. The van der Waals surface area contributed by atoms with Gasteiger partial charge in [0.05, 0.1) is 6.04 Å². The lowest BCUT2D eigenvalue weighted by Gasteiger charge is -2.23. The van der Waals surface area contributed by atoms with Gasteiger partial charge in [0.1, 0.15) is 18.5 Å². The minimum atomic E-state index is -0.403. The Balaban J connectivity index is 1.51. The Labute approximate surface area is 167 Å². The lowest BCUT2D eigenvalue weighted by atomic mass is 10.0. The molecule has 1 saturated heterocycles. The van der Waals surface area contributed by atoms with Crippen LogP contribution in [0.1, 0.15) is 32.7 Å². The van der Waals surface area contributed by atoms with Crippen molar-refractivity contribution in [1.82, 2.24) is 25.1 Å². The zero-order chi connectivity index (χ0) is 20.4. The largest absolute Gasteiger partial charge is 0.447 e. The number of carbonyl (C=O) groups excluding carboxylic acids is 1. The van der Waals surface area contributed by atoms with Gasteiger partial charge in [0.15, 0.2) is 0 Å². The van der Waals surface area contributed by atoms with E-state index >= 15 is 0 Å². The molecule has 1 aliphatic rings. The number of nitrogens with zero attached hydrogens (tertiary/aromatic N) is 6. The van der Waals surface area contributed by atoms with Gasteiger partial charge in [-0.1, -0.05) is 19.0 Å². The van der Waals surface area contributed by atoms with Gasteiger partial charge in [-0.3, -0.25) is 9.88 Å². The summed E-state index contributed by atoms with van der Waals surface area (Å²) in [4.78, 5) is 30.8. The number of nitrogens with one attached hydrogen (secondary N) is 1. The van der Waals surface area contributed by atoms with Crippen LogP contribution >= 0.6 is 0 Å². The van der Waals surface area contributed by atoms with Crippen molar-refractivity contribution in [2.45, 2.75) is 32.9 Å². The van der Waals surface area contributed by atoms with Gasteiger partial charge >= 0.3 is 6.09 Å². The first kappa shape index (κ1) is 18.8. The first-order chi connectivity index (χ1) is 14.0. The fourth-order valence-electron chi connectivity index (χ4n) is 3.03. The van der Waals surface area contributed by atoms with Crippen LogP contribution in [0.4, 0.5) is 16.6 Å². The summed E-state index contributed by atoms with van der Waals surface area (Å²) in [6, 6.07) is 4.90. The molecule has 0 bridgehead atoms. The van der Waals surface area contributed by atoms with Crippen molar-refractivity contribution in [3.63, 3.8) is 0 Å². The molecule has 0 aromatic carbocycles. The number of rotatable bonds is 6. The van der Waals surface area contributed by atoms with Gasteiger partial charge in [0.2, 0.25) is 17.7 Å². The van der Waals surface area contributed by atoms with E-state index in [1.165, 1.54) is 0 Å². The maximum atomic E-state index is 12.2. The summed E-state index contributed by atoms with van der Waals surface area (Å²) in [6.07, 6.45) is 4.52. The third-order valence-corrected chi connectivity index (χ3v) is 4.66. The number of ether oxygens (including phenoxy) is 1. The first-order valence-corrected chi connectivity index (χ1v) is 9.32. The second kappa shape index (κ2) is 7.82. The molecule has 3 aromatic heterocycles. The maximum absolute atomic E-state index is 12.2. The lowest BCUT2D eigenvalue weighted by molar-refractivity contribution is 0.177. The van der Waals surface area contributed by atoms with Crippen LogP contribution in [0.2, 0.25) is 0 Å². The highest BCUT2D eigenvalue weighted by molar-refractivity contribution is 5.89. The highest BCUT2D eigenvalue weighted by Crippen LogP contribution is 2.27. The summed E-state index contributed by atoms with van der Waals surface area (Å²) in [5.41, 5.74) is 0.813. The third-order valence-electron chi connectivity index (χ3n) is 4.66. The maximum Gasteiger partial charge on any atom is 0.415 e. The highest BCUT2D eigenvalue weighted by atomic mass is 16.6. The van der Waals surface area contributed by atoms with E-state index in [4.69, 9.17) is 9.26 Å². The topological polar surface area (TPSA) is 119 Å². The third kappa shape index (κ3) is 3.86. The number of hydrogen-bond acceptors (Lipinski definition) is 9. The summed E-state index contributed by atoms with van der Waals surface area (Å²) in [7, 11) is 0. The van der Waals surface area contributed by atoms with E-state index in [9.17, 15) is 4.79 Å². The fraction of sp³-hybridized carbons (Fsp3) is 0.368. The average Bonchev–Trinajstić information content (AvgIpc) is 3.36. The Morgan fingerprint density at radius 3 is 2.69 bits per heavy atom. The second-order valence-corrected chi connectivity index (χ2v) is 7.05. The van der Waals surface area contributed by atoms with Gasteiger partial charge in [-0.05, 0) is 31.0 Å². The molecule has 1 unspecified atom stereocenters. The molecule has 10 nitrogen and oxygen atoms in total. The fourth-order valence-corrected chi connectivity index (χ4v) is 3.03. The van der Waals surface area contributed by atoms with Crippen molar-refractivity contribution in [2.75, 3.05) is 16.8 Å². The number of amides is 1. The molecule has 0 radical (unpaired) electrons. The Bertz CT molecular complexity index is 992. The van der Waals surface area contributed by atoms with Crippen LogP contribution in [0, 0.1) is 5.92 Å². The van der Waals surface area contributed by atoms with Crippen molar-refractivity contribution in [1.29, 1.82) is 0 Å². The lowest BCUT2D eigenvalue weighted by Crippen LogP contribution is -2.37. The first-order valence-electron chi connectivity index (χ1n) is 9.32. The van der Waals surface area contributed by atoms with E-state index in [2.05, 4.69) is 30.4 Å². The minimum Gasteiger partial charge on any atom is -0.447 e. The predicted molar refractivity (Wildman–Crippen MR) is 104 cm³/mol. The predicted octanol–water partition coefficient (Wildman–Crippen LogP) is 3.08. The standard InChI is InChI=1S/C19H21N7O3/c1-11(2)14-10-28-19(27)26(14)15-6-9-21-18(23-15)22-12(3)17-24-16(25-29-17)13-4-7-20-8-5-13/h4-9,11-12,14H,10H2,1-3H3,(H,21,22,23)/t12-,14?/m1/s1.